The predicted molar refractivity (Wildman–Crippen MR) is 136 cm³/mol. The zero-order valence-electron chi connectivity index (χ0n) is 17.2. The zero-order valence-corrected chi connectivity index (χ0v) is 21.1. The summed E-state index contributed by atoms with van der Waals surface area (Å²) in [5.74, 6) is -2.54. The van der Waals surface area contributed by atoms with Gasteiger partial charge in [0.2, 0.25) is 5.91 Å². The maximum absolute atomic E-state index is 12.9. The van der Waals surface area contributed by atoms with Crippen LogP contribution in [0.4, 0.5) is 11.4 Å². The Kier molecular flexibility index (Phi) is 8.67. The van der Waals surface area contributed by atoms with E-state index < -0.39 is 33.3 Å². The molecule has 176 valence electrons. The van der Waals surface area contributed by atoms with Crippen LogP contribution in [-0.2, 0) is 4.79 Å². The summed E-state index contributed by atoms with van der Waals surface area (Å²) in [5, 5.41) is 13.2. The maximum atomic E-state index is 12.9. The number of nitrogens with zero attached hydrogens (tertiary/aromatic N) is 1. The molecule has 12 heteroatoms. The number of pyridine rings is 1. The van der Waals surface area contributed by atoms with Crippen LogP contribution in [0.1, 0.15) is 27.6 Å². The van der Waals surface area contributed by atoms with Gasteiger partial charge in [0.15, 0.2) is 0 Å². The summed E-state index contributed by atoms with van der Waals surface area (Å²) >= 11 is 25.4. The van der Waals surface area contributed by atoms with E-state index in [0.29, 0.717) is 16.3 Å². The molecule has 7 nitrogen and oxygen atoms in total. The number of amides is 2. The first-order valence-corrected chi connectivity index (χ1v) is 11.9. The lowest BCUT2D eigenvalue weighted by molar-refractivity contribution is -0.115. The SMILES string of the molecule is CC(Sc1cccc(NC(=O)c2c(Cl)c(Cl)c(Cl)c(Cl)c2C(=O)O)c1)C(=O)Nc1ccncc1. The van der Waals surface area contributed by atoms with E-state index in [1.165, 1.54) is 11.8 Å². The molecule has 1 unspecified atom stereocenters. The number of thioether (sulfide) groups is 1. The summed E-state index contributed by atoms with van der Waals surface area (Å²) < 4.78 is 0. The molecule has 1 aromatic heterocycles. The van der Waals surface area contributed by atoms with Gasteiger partial charge < -0.3 is 15.7 Å². The lowest BCUT2D eigenvalue weighted by Crippen LogP contribution is -2.22. The number of hydrogen-bond donors (Lipinski definition) is 3. The van der Waals surface area contributed by atoms with Crippen LogP contribution in [0.25, 0.3) is 0 Å². The van der Waals surface area contributed by atoms with E-state index >= 15 is 0 Å². The molecule has 34 heavy (non-hydrogen) atoms. The fraction of sp³-hybridized carbons (Fsp3) is 0.0909. The molecule has 0 aliphatic carbocycles. The predicted octanol–water partition coefficient (Wildman–Crippen LogP) is 6.77. The molecule has 0 spiro atoms. The van der Waals surface area contributed by atoms with Crippen molar-refractivity contribution in [2.24, 2.45) is 0 Å². The number of halogens is 4. The highest BCUT2D eigenvalue weighted by Crippen LogP contribution is 2.42. The van der Waals surface area contributed by atoms with Crippen LogP contribution in [0.3, 0.4) is 0 Å². The summed E-state index contributed by atoms with van der Waals surface area (Å²) in [6, 6.07) is 10.0. The van der Waals surface area contributed by atoms with Crippen molar-refractivity contribution in [2.45, 2.75) is 17.1 Å². The Balaban J connectivity index is 1.79. The van der Waals surface area contributed by atoms with E-state index in [2.05, 4.69) is 15.6 Å². The largest absolute Gasteiger partial charge is 0.478 e. The molecule has 3 aromatic rings. The molecular weight excluding hydrogens is 544 g/mol. The average Bonchev–Trinajstić information content (AvgIpc) is 2.80. The molecular formula is C22H15Cl4N3O4S. The summed E-state index contributed by atoms with van der Waals surface area (Å²) in [6.07, 6.45) is 3.14. The van der Waals surface area contributed by atoms with Gasteiger partial charge in [0.1, 0.15) is 0 Å². The van der Waals surface area contributed by atoms with Crippen LogP contribution < -0.4 is 10.6 Å². The zero-order chi connectivity index (χ0) is 25.0. The van der Waals surface area contributed by atoms with Crippen LogP contribution in [0.5, 0.6) is 0 Å². The molecule has 0 saturated carbocycles. The monoisotopic (exact) mass is 557 g/mol. The third kappa shape index (κ3) is 5.95. The first kappa shape index (κ1) is 26.1. The number of hydrogen-bond acceptors (Lipinski definition) is 5. The number of carbonyl (C=O) groups is 3. The van der Waals surface area contributed by atoms with E-state index in [4.69, 9.17) is 46.4 Å². The molecule has 3 N–H and O–H groups in total. The molecule has 3 rings (SSSR count). The molecule has 0 fully saturated rings. The van der Waals surface area contributed by atoms with Gasteiger partial charge in [-0.3, -0.25) is 14.6 Å². The molecule has 0 bridgehead atoms. The van der Waals surface area contributed by atoms with Gasteiger partial charge in [0.05, 0.1) is 36.5 Å². The fourth-order valence-electron chi connectivity index (χ4n) is 2.82. The van der Waals surface area contributed by atoms with Crippen LogP contribution in [0, 0.1) is 0 Å². The van der Waals surface area contributed by atoms with Crippen molar-refractivity contribution in [1.29, 1.82) is 0 Å². The molecule has 1 atom stereocenters. The highest BCUT2D eigenvalue weighted by molar-refractivity contribution is 8.00. The summed E-state index contributed by atoms with van der Waals surface area (Å²) in [7, 11) is 0. The van der Waals surface area contributed by atoms with Crippen LogP contribution in [-0.4, -0.2) is 33.1 Å². The Bertz CT molecular complexity index is 1270. The van der Waals surface area contributed by atoms with Crippen molar-refractivity contribution in [3.63, 3.8) is 0 Å². The molecule has 1 heterocycles. The number of aromatic nitrogens is 1. The van der Waals surface area contributed by atoms with Gasteiger partial charge >= 0.3 is 5.97 Å². The van der Waals surface area contributed by atoms with Gasteiger partial charge in [-0.25, -0.2) is 4.79 Å². The smallest absolute Gasteiger partial charge is 0.338 e. The average molecular weight is 559 g/mol. The third-order valence-corrected chi connectivity index (χ3v) is 7.33. The van der Waals surface area contributed by atoms with Gasteiger partial charge in [0, 0.05) is 28.7 Å². The first-order chi connectivity index (χ1) is 16.1. The number of rotatable bonds is 7. The van der Waals surface area contributed by atoms with Crippen molar-refractivity contribution in [3.8, 4) is 0 Å². The molecule has 0 saturated heterocycles. The second kappa shape index (κ2) is 11.3. The van der Waals surface area contributed by atoms with Crippen molar-refractivity contribution in [3.05, 3.63) is 80.0 Å². The minimum absolute atomic E-state index is 0.214. The Morgan fingerprint density at radius 2 is 1.50 bits per heavy atom. The number of aromatic carboxylic acids is 1. The van der Waals surface area contributed by atoms with Crippen molar-refractivity contribution >= 4 is 87.3 Å². The quantitative estimate of drug-likeness (QED) is 0.168. The number of carboxylic acids is 1. The van der Waals surface area contributed by atoms with Gasteiger partial charge in [-0.2, -0.15) is 0 Å². The van der Waals surface area contributed by atoms with Crippen LogP contribution in [0.15, 0.2) is 53.7 Å². The molecule has 0 aliphatic rings. The second-order valence-electron chi connectivity index (χ2n) is 6.78. The van der Waals surface area contributed by atoms with E-state index in [0.717, 1.165) is 0 Å². The van der Waals surface area contributed by atoms with Crippen molar-refractivity contribution in [2.75, 3.05) is 10.6 Å². The molecule has 2 amide bonds. The Labute approximate surface area is 218 Å². The summed E-state index contributed by atoms with van der Waals surface area (Å²) in [5.41, 5.74) is -0.0200. The number of benzene rings is 2. The van der Waals surface area contributed by atoms with Gasteiger partial charge in [0.25, 0.3) is 5.91 Å². The lowest BCUT2D eigenvalue weighted by Gasteiger charge is -2.15. The van der Waals surface area contributed by atoms with Gasteiger partial charge in [-0.15, -0.1) is 11.8 Å². The Morgan fingerprint density at radius 3 is 2.12 bits per heavy atom. The van der Waals surface area contributed by atoms with Crippen molar-refractivity contribution in [1.82, 2.24) is 4.98 Å². The van der Waals surface area contributed by atoms with Crippen molar-refractivity contribution < 1.29 is 19.5 Å². The van der Waals surface area contributed by atoms with Gasteiger partial charge in [-0.1, -0.05) is 52.5 Å². The minimum atomic E-state index is -1.49. The topological polar surface area (TPSA) is 108 Å². The van der Waals surface area contributed by atoms with E-state index in [9.17, 15) is 19.5 Å². The molecule has 0 aliphatic heterocycles. The molecule has 2 aromatic carbocycles. The van der Waals surface area contributed by atoms with Crippen LogP contribution >= 0.6 is 58.2 Å². The van der Waals surface area contributed by atoms with E-state index in [1.807, 2.05) is 0 Å². The Hall–Kier alpha value is -2.49. The Morgan fingerprint density at radius 1 is 0.882 bits per heavy atom. The second-order valence-corrected chi connectivity index (χ2v) is 9.70. The maximum Gasteiger partial charge on any atom is 0.338 e. The first-order valence-electron chi connectivity index (χ1n) is 9.48. The van der Waals surface area contributed by atoms with Crippen LogP contribution in [0.2, 0.25) is 20.1 Å². The van der Waals surface area contributed by atoms with Gasteiger partial charge in [-0.05, 0) is 37.3 Å². The number of carbonyl (C=O) groups excluding carboxylic acids is 2. The highest BCUT2D eigenvalue weighted by Gasteiger charge is 2.29. The minimum Gasteiger partial charge on any atom is -0.478 e. The number of nitrogens with one attached hydrogen (secondary N) is 2. The fourth-order valence-corrected chi connectivity index (χ4v) is 4.77. The number of carboxylic acid groups (broad SMARTS) is 1. The standard InChI is InChI=1S/C22H15Cl4N3O4S/c1-10(20(30)28-11-5-7-27-8-6-11)34-13-4-2-3-12(9-13)29-21(31)14-15(22(32)33)17(24)19(26)18(25)16(14)23/h2-10H,1H3,(H,29,31)(H,32,33)(H,27,28,30). The lowest BCUT2D eigenvalue weighted by atomic mass is 10.1. The highest BCUT2D eigenvalue weighted by atomic mass is 35.5. The molecule has 0 radical (unpaired) electrons. The number of anilines is 2. The van der Waals surface area contributed by atoms with E-state index in [1.54, 1.807) is 55.7 Å². The normalized spacial score (nSPS) is 11.6. The summed E-state index contributed by atoms with van der Waals surface area (Å²) in [6.45, 7) is 1.74. The van der Waals surface area contributed by atoms with E-state index in [-0.39, 0.29) is 21.0 Å². The summed E-state index contributed by atoms with van der Waals surface area (Å²) in [4.78, 5) is 41.7. The third-order valence-electron chi connectivity index (χ3n) is 4.43.